The summed E-state index contributed by atoms with van der Waals surface area (Å²) in [6.07, 6.45) is 4.70. The molecule has 1 nitrogen and oxygen atoms in total. The van der Waals surface area contributed by atoms with Gasteiger partial charge in [-0.15, -0.1) is 0 Å². The first-order chi connectivity index (χ1) is 4.81. The molecular weight excluding hydrogens is 192 g/mol. The Morgan fingerprint density at radius 2 is 2.10 bits per heavy atom. The standard InChI is InChI=1S/C8H15BrO/c1-8(10-2)6-4-3-5-7-9/h1,3-7H2,2H3. The molecule has 0 aliphatic carbocycles. The summed E-state index contributed by atoms with van der Waals surface area (Å²) in [5, 5.41) is 1.10. The summed E-state index contributed by atoms with van der Waals surface area (Å²) in [5.41, 5.74) is 0. The Hall–Kier alpha value is 0.0200. The van der Waals surface area contributed by atoms with Gasteiger partial charge in [-0.1, -0.05) is 28.9 Å². The van der Waals surface area contributed by atoms with Crippen LogP contribution in [-0.4, -0.2) is 12.4 Å². The molecule has 2 heteroatoms. The molecule has 0 amide bonds. The third-order valence-corrected chi connectivity index (χ3v) is 1.94. The van der Waals surface area contributed by atoms with Crippen LogP contribution in [0.15, 0.2) is 12.3 Å². The first-order valence-corrected chi connectivity index (χ1v) is 4.71. The van der Waals surface area contributed by atoms with Gasteiger partial charge in [0, 0.05) is 11.8 Å². The van der Waals surface area contributed by atoms with Gasteiger partial charge in [-0.3, -0.25) is 0 Å². The van der Waals surface area contributed by atoms with E-state index in [0.29, 0.717) is 0 Å². The number of hydrogen-bond donors (Lipinski definition) is 0. The van der Waals surface area contributed by atoms with Gasteiger partial charge in [-0.2, -0.15) is 0 Å². The monoisotopic (exact) mass is 206 g/mol. The van der Waals surface area contributed by atoms with Gasteiger partial charge in [-0.05, 0) is 12.8 Å². The Bertz CT molecular complexity index is 91.3. The van der Waals surface area contributed by atoms with E-state index in [2.05, 4.69) is 22.5 Å². The Morgan fingerprint density at radius 1 is 1.40 bits per heavy atom. The lowest BCUT2D eigenvalue weighted by molar-refractivity contribution is 0.276. The van der Waals surface area contributed by atoms with Gasteiger partial charge in [0.1, 0.15) is 0 Å². The van der Waals surface area contributed by atoms with Crippen molar-refractivity contribution in [3.8, 4) is 0 Å². The van der Waals surface area contributed by atoms with Crippen LogP contribution in [0.3, 0.4) is 0 Å². The van der Waals surface area contributed by atoms with Gasteiger partial charge >= 0.3 is 0 Å². The number of methoxy groups -OCH3 is 1. The number of allylic oxidation sites excluding steroid dienone is 1. The largest absolute Gasteiger partial charge is 0.502 e. The molecule has 0 aliphatic heterocycles. The average molecular weight is 207 g/mol. The first-order valence-electron chi connectivity index (χ1n) is 3.59. The van der Waals surface area contributed by atoms with Gasteiger partial charge in [0.25, 0.3) is 0 Å². The van der Waals surface area contributed by atoms with E-state index in [9.17, 15) is 0 Å². The highest BCUT2D eigenvalue weighted by Gasteiger charge is 1.91. The lowest BCUT2D eigenvalue weighted by Crippen LogP contribution is -1.85. The fourth-order valence-electron chi connectivity index (χ4n) is 0.695. The molecule has 0 atom stereocenters. The Morgan fingerprint density at radius 3 is 2.60 bits per heavy atom. The Kier molecular flexibility index (Phi) is 7.15. The molecule has 0 saturated heterocycles. The minimum Gasteiger partial charge on any atom is -0.502 e. The topological polar surface area (TPSA) is 9.23 Å². The highest BCUT2D eigenvalue weighted by atomic mass is 79.9. The normalized spacial score (nSPS) is 9.40. The van der Waals surface area contributed by atoms with Crippen LogP contribution in [0.4, 0.5) is 0 Å². The van der Waals surface area contributed by atoms with Gasteiger partial charge < -0.3 is 4.74 Å². The van der Waals surface area contributed by atoms with E-state index in [-0.39, 0.29) is 0 Å². The van der Waals surface area contributed by atoms with Crippen molar-refractivity contribution in [3.63, 3.8) is 0 Å². The van der Waals surface area contributed by atoms with Gasteiger partial charge in [-0.25, -0.2) is 0 Å². The van der Waals surface area contributed by atoms with Gasteiger partial charge in [0.15, 0.2) is 0 Å². The maximum Gasteiger partial charge on any atom is 0.0883 e. The van der Waals surface area contributed by atoms with E-state index < -0.39 is 0 Å². The van der Waals surface area contributed by atoms with Crippen molar-refractivity contribution >= 4 is 15.9 Å². The number of halogens is 1. The lowest BCUT2D eigenvalue weighted by atomic mass is 10.2. The molecule has 0 radical (unpaired) electrons. The van der Waals surface area contributed by atoms with E-state index in [1.807, 2.05) is 0 Å². The molecule has 0 aromatic heterocycles. The average Bonchev–Trinajstić information content (AvgIpc) is 1.98. The number of unbranched alkanes of at least 4 members (excludes halogenated alkanes) is 2. The number of alkyl halides is 1. The Balaban J connectivity index is 2.96. The van der Waals surface area contributed by atoms with Crippen LogP contribution in [0.5, 0.6) is 0 Å². The summed E-state index contributed by atoms with van der Waals surface area (Å²) >= 11 is 3.38. The molecule has 0 N–H and O–H groups in total. The smallest absolute Gasteiger partial charge is 0.0883 e. The van der Waals surface area contributed by atoms with E-state index in [1.165, 1.54) is 19.3 Å². The SMILES string of the molecule is C=C(CCCCCBr)OC. The van der Waals surface area contributed by atoms with E-state index in [4.69, 9.17) is 4.74 Å². The van der Waals surface area contributed by atoms with Crippen molar-refractivity contribution in [2.24, 2.45) is 0 Å². The molecular formula is C8H15BrO. The van der Waals surface area contributed by atoms with Crippen LogP contribution in [0.25, 0.3) is 0 Å². The second-order valence-electron chi connectivity index (χ2n) is 2.24. The fourth-order valence-corrected chi connectivity index (χ4v) is 1.09. The highest BCUT2D eigenvalue weighted by molar-refractivity contribution is 9.09. The van der Waals surface area contributed by atoms with E-state index in [0.717, 1.165) is 17.5 Å². The van der Waals surface area contributed by atoms with Crippen LogP contribution < -0.4 is 0 Å². The van der Waals surface area contributed by atoms with Gasteiger partial charge in [0.05, 0.1) is 12.9 Å². The third-order valence-electron chi connectivity index (χ3n) is 1.38. The molecule has 60 valence electrons. The summed E-state index contributed by atoms with van der Waals surface area (Å²) < 4.78 is 4.92. The molecule has 0 bridgehead atoms. The zero-order valence-electron chi connectivity index (χ0n) is 6.53. The van der Waals surface area contributed by atoms with Crippen molar-refractivity contribution < 1.29 is 4.74 Å². The predicted octanol–water partition coefficient (Wildman–Crippen LogP) is 3.10. The van der Waals surface area contributed by atoms with Crippen LogP contribution in [0.1, 0.15) is 25.7 Å². The number of ether oxygens (including phenoxy) is 1. The van der Waals surface area contributed by atoms with E-state index >= 15 is 0 Å². The van der Waals surface area contributed by atoms with Gasteiger partial charge in [0.2, 0.25) is 0 Å². The summed E-state index contributed by atoms with van der Waals surface area (Å²) in [7, 11) is 1.67. The molecule has 0 aliphatic rings. The number of rotatable bonds is 6. The first kappa shape index (κ1) is 10.0. The molecule has 0 aromatic rings. The third kappa shape index (κ3) is 6.14. The predicted molar refractivity (Wildman–Crippen MR) is 48.4 cm³/mol. The van der Waals surface area contributed by atoms with E-state index in [1.54, 1.807) is 7.11 Å². The summed E-state index contributed by atoms with van der Waals surface area (Å²) in [4.78, 5) is 0. The van der Waals surface area contributed by atoms with Crippen LogP contribution >= 0.6 is 15.9 Å². The van der Waals surface area contributed by atoms with Crippen molar-refractivity contribution in [1.29, 1.82) is 0 Å². The molecule has 0 aromatic carbocycles. The van der Waals surface area contributed by atoms with Crippen LogP contribution in [0, 0.1) is 0 Å². The Labute approximate surface area is 71.6 Å². The summed E-state index contributed by atoms with van der Waals surface area (Å²) in [6, 6.07) is 0. The quantitative estimate of drug-likeness (QED) is 0.369. The molecule has 0 heterocycles. The molecule has 0 rings (SSSR count). The summed E-state index contributed by atoms with van der Waals surface area (Å²) in [6.45, 7) is 3.74. The van der Waals surface area contributed by atoms with Crippen molar-refractivity contribution in [1.82, 2.24) is 0 Å². The highest BCUT2D eigenvalue weighted by Crippen LogP contribution is 2.07. The minimum absolute atomic E-state index is 0.898. The molecule has 0 spiro atoms. The van der Waals surface area contributed by atoms with Crippen molar-refractivity contribution in [2.45, 2.75) is 25.7 Å². The second-order valence-corrected chi connectivity index (χ2v) is 3.04. The second kappa shape index (κ2) is 7.13. The molecule has 0 unspecified atom stereocenters. The zero-order valence-corrected chi connectivity index (χ0v) is 8.11. The fraction of sp³-hybridized carbons (Fsp3) is 0.750. The number of hydrogen-bond acceptors (Lipinski definition) is 1. The maximum atomic E-state index is 4.92. The lowest BCUT2D eigenvalue weighted by Gasteiger charge is -2.01. The van der Waals surface area contributed by atoms with Crippen molar-refractivity contribution in [3.05, 3.63) is 12.3 Å². The molecule has 0 fully saturated rings. The molecule has 0 saturated carbocycles. The minimum atomic E-state index is 0.898. The zero-order chi connectivity index (χ0) is 7.82. The molecule has 10 heavy (non-hydrogen) atoms. The van der Waals surface area contributed by atoms with Crippen LogP contribution in [-0.2, 0) is 4.74 Å². The summed E-state index contributed by atoms with van der Waals surface area (Å²) in [5.74, 6) is 0.898. The van der Waals surface area contributed by atoms with Crippen LogP contribution in [0.2, 0.25) is 0 Å². The maximum absolute atomic E-state index is 4.92. The van der Waals surface area contributed by atoms with Crippen molar-refractivity contribution in [2.75, 3.05) is 12.4 Å².